The van der Waals surface area contributed by atoms with Crippen molar-refractivity contribution in [1.29, 1.82) is 0 Å². The first kappa shape index (κ1) is 27.5. The SMILES string of the molecule is CC(C)[C@H](N)C(=O)O.CCOP(=S)(OCC)SCSc1cc(Cl)ccc1Cl. The van der Waals surface area contributed by atoms with E-state index in [1.54, 1.807) is 37.7 Å². The van der Waals surface area contributed by atoms with Crippen molar-refractivity contribution in [1.82, 2.24) is 0 Å². The molecular weight excluding hydrogens is 468 g/mol. The van der Waals surface area contributed by atoms with E-state index < -0.39 is 17.7 Å². The van der Waals surface area contributed by atoms with Crippen LogP contribution in [-0.2, 0) is 25.6 Å². The monoisotopic (exact) mass is 493 g/mol. The maximum absolute atomic E-state index is 10.0. The molecule has 1 rings (SSSR count). The lowest BCUT2D eigenvalue weighted by Crippen LogP contribution is -2.34. The van der Waals surface area contributed by atoms with E-state index in [9.17, 15) is 4.79 Å². The van der Waals surface area contributed by atoms with Crippen LogP contribution in [0.3, 0.4) is 0 Å². The van der Waals surface area contributed by atoms with Crippen molar-refractivity contribution in [3.05, 3.63) is 28.2 Å². The van der Waals surface area contributed by atoms with E-state index in [4.69, 9.17) is 54.9 Å². The molecule has 0 saturated heterocycles. The predicted octanol–water partition coefficient (Wildman–Crippen LogP) is 6.13. The predicted molar refractivity (Wildman–Crippen MR) is 123 cm³/mol. The summed E-state index contributed by atoms with van der Waals surface area (Å²) in [6.07, 6.45) is 0. The molecule has 1 aromatic carbocycles. The fourth-order valence-electron chi connectivity index (χ4n) is 1.46. The highest BCUT2D eigenvalue weighted by Gasteiger charge is 2.19. The molecule has 11 heteroatoms. The van der Waals surface area contributed by atoms with Gasteiger partial charge in [-0.1, -0.05) is 48.4 Å². The van der Waals surface area contributed by atoms with Crippen LogP contribution in [-0.4, -0.2) is 35.4 Å². The normalized spacial score (nSPS) is 12.4. The Morgan fingerprint density at radius 1 is 1.30 bits per heavy atom. The molecule has 156 valence electrons. The van der Waals surface area contributed by atoms with E-state index >= 15 is 0 Å². The number of halogens is 2. The van der Waals surface area contributed by atoms with Crippen LogP contribution < -0.4 is 5.73 Å². The third kappa shape index (κ3) is 11.9. The minimum Gasteiger partial charge on any atom is -0.480 e. The number of carboxylic acid groups (broad SMARTS) is 1. The molecule has 0 spiro atoms. The quantitative estimate of drug-likeness (QED) is 0.229. The molecule has 0 saturated carbocycles. The smallest absolute Gasteiger partial charge is 0.320 e. The molecule has 0 fully saturated rings. The average molecular weight is 494 g/mol. The van der Waals surface area contributed by atoms with Crippen molar-refractivity contribution in [2.75, 3.05) is 18.3 Å². The van der Waals surface area contributed by atoms with Gasteiger partial charge in [0.2, 0.25) is 5.69 Å². The van der Waals surface area contributed by atoms with E-state index in [0.29, 0.717) is 23.3 Å². The highest BCUT2D eigenvalue weighted by atomic mass is 35.5. The second kappa shape index (κ2) is 14.5. The van der Waals surface area contributed by atoms with Gasteiger partial charge in [0, 0.05) is 9.92 Å². The van der Waals surface area contributed by atoms with Gasteiger partial charge in [0.15, 0.2) is 0 Å². The Bertz CT molecular complexity index is 628. The van der Waals surface area contributed by atoms with Gasteiger partial charge < -0.3 is 19.9 Å². The van der Waals surface area contributed by atoms with Crippen LogP contribution in [0.4, 0.5) is 0 Å². The fourth-order valence-corrected chi connectivity index (χ4v) is 8.99. The zero-order valence-corrected chi connectivity index (χ0v) is 20.5. The summed E-state index contributed by atoms with van der Waals surface area (Å²) in [5, 5.41) is 10.3. The number of rotatable bonds is 10. The topological polar surface area (TPSA) is 81.8 Å². The van der Waals surface area contributed by atoms with Gasteiger partial charge in [-0.15, -0.1) is 11.8 Å². The van der Waals surface area contributed by atoms with Crippen molar-refractivity contribution >= 4 is 69.8 Å². The van der Waals surface area contributed by atoms with Gasteiger partial charge in [0.05, 0.1) is 23.3 Å². The van der Waals surface area contributed by atoms with Crippen LogP contribution in [0.2, 0.25) is 10.0 Å². The van der Waals surface area contributed by atoms with Crippen molar-refractivity contribution in [2.24, 2.45) is 11.7 Å². The second-order valence-corrected chi connectivity index (χ2v) is 13.9. The Balaban J connectivity index is 0.000000713. The fraction of sp³-hybridized carbons (Fsp3) is 0.562. The molecule has 0 aliphatic heterocycles. The molecule has 0 unspecified atom stereocenters. The lowest BCUT2D eigenvalue weighted by atomic mass is 10.1. The first-order chi connectivity index (χ1) is 12.6. The van der Waals surface area contributed by atoms with Crippen LogP contribution in [0, 0.1) is 5.92 Å². The Morgan fingerprint density at radius 2 is 1.85 bits per heavy atom. The van der Waals surface area contributed by atoms with Gasteiger partial charge in [-0.25, -0.2) is 0 Å². The van der Waals surface area contributed by atoms with Crippen molar-refractivity contribution in [3.8, 4) is 0 Å². The van der Waals surface area contributed by atoms with Crippen molar-refractivity contribution < 1.29 is 18.9 Å². The number of thioether (sulfide) groups is 1. The van der Waals surface area contributed by atoms with Gasteiger partial charge in [-0.3, -0.25) is 4.79 Å². The second-order valence-electron chi connectivity index (χ2n) is 5.36. The number of hydrogen-bond donors (Lipinski definition) is 2. The number of carbonyl (C=O) groups is 1. The Morgan fingerprint density at radius 3 is 2.26 bits per heavy atom. The summed E-state index contributed by atoms with van der Waals surface area (Å²) in [6, 6.07) is 4.69. The highest BCUT2D eigenvalue weighted by Crippen LogP contribution is 2.62. The van der Waals surface area contributed by atoms with E-state index in [1.165, 1.54) is 11.4 Å². The third-order valence-electron chi connectivity index (χ3n) is 2.90. The summed E-state index contributed by atoms with van der Waals surface area (Å²) in [4.78, 5) is 11.0. The lowest BCUT2D eigenvalue weighted by molar-refractivity contribution is -0.139. The summed E-state index contributed by atoms with van der Waals surface area (Å²) in [6.45, 7) is 8.51. The lowest BCUT2D eigenvalue weighted by Gasteiger charge is -2.19. The van der Waals surface area contributed by atoms with Crippen LogP contribution >= 0.6 is 52.0 Å². The van der Waals surface area contributed by atoms with Crippen molar-refractivity contribution in [3.63, 3.8) is 0 Å². The third-order valence-corrected chi connectivity index (χ3v) is 10.7. The van der Waals surface area contributed by atoms with Crippen molar-refractivity contribution in [2.45, 2.75) is 38.6 Å². The summed E-state index contributed by atoms with van der Waals surface area (Å²) in [5.74, 6) is -0.910. The molecular formula is C16H26Cl2NO4PS3. The molecule has 0 amide bonds. The maximum Gasteiger partial charge on any atom is 0.320 e. The molecule has 0 aliphatic carbocycles. The number of aliphatic carboxylic acids is 1. The summed E-state index contributed by atoms with van der Waals surface area (Å²) >= 11 is 20.6. The zero-order chi connectivity index (χ0) is 21.0. The van der Waals surface area contributed by atoms with Crippen LogP contribution in [0.15, 0.2) is 23.1 Å². The summed E-state index contributed by atoms with van der Waals surface area (Å²) in [7, 11) is 0. The van der Waals surface area contributed by atoms with Gasteiger partial charge >= 0.3 is 5.97 Å². The summed E-state index contributed by atoms with van der Waals surface area (Å²) in [5.41, 5.74) is 2.93. The molecule has 0 bridgehead atoms. The minimum absolute atomic E-state index is 0.0208. The van der Waals surface area contributed by atoms with Crippen LogP contribution in [0.25, 0.3) is 0 Å². The molecule has 0 aliphatic rings. The van der Waals surface area contributed by atoms with Crippen LogP contribution in [0.1, 0.15) is 27.7 Å². The molecule has 0 radical (unpaired) electrons. The van der Waals surface area contributed by atoms with Gasteiger partial charge in [0.25, 0.3) is 0 Å². The Labute approximate surface area is 185 Å². The largest absolute Gasteiger partial charge is 0.480 e. The van der Waals surface area contributed by atoms with E-state index in [2.05, 4.69) is 0 Å². The molecule has 1 aromatic rings. The molecule has 0 heterocycles. The van der Waals surface area contributed by atoms with E-state index in [1.807, 2.05) is 19.9 Å². The first-order valence-electron chi connectivity index (χ1n) is 8.16. The van der Waals surface area contributed by atoms with E-state index in [-0.39, 0.29) is 5.92 Å². The van der Waals surface area contributed by atoms with Crippen LogP contribution in [0.5, 0.6) is 0 Å². The molecule has 1 atom stereocenters. The number of hydrogen-bond acceptors (Lipinski definition) is 7. The van der Waals surface area contributed by atoms with Gasteiger partial charge in [-0.2, -0.15) is 0 Å². The Hall–Kier alpha value is 0.500. The highest BCUT2D eigenvalue weighted by molar-refractivity contribution is 8.69. The number of benzene rings is 1. The first-order valence-corrected chi connectivity index (χ1v) is 14.1. The maximum atomic E-state index is 10.0. The molecule has 3 N–H and O–H groups in total. The van der Waals surface area contributed by atoms with Gasteiger partial charge in [-0.05, 0) is 49.8 Å². The Kier molecular flexibility index (Phi) is 14.7. The minimum atomic E-state index is -2.23. The average Bonchev–Trinajstić information content (AvgIpc) is 2.58. The molecule has 27 heavy (non-hydrogen) atoms. The van der Waals surface area contributed by atoms with E-state index in [0.717, 1.165) is 9.98 Å². The molecule has 5 nitrogen and oxygen atoms in total. The van der Waals surface area contributed by atoms with Gasteiger partial charge in [0.1, 0.15) is 6.04 Å². The summed E-state index contributed by atoms with van der Waals surface area (Å²) < 4.78 is 11.1. The molecule has 0 aromatic heterocycles. The number of nitrogens with two attached hydrogens (primary N) is 1. The zero-order valence-electron chi connectivity index (χ0n) is 15.7. The standard InChI is InChI=1S/C11H15Cl2O2PS3.C5H11NO2/c1-3-14-16(17,15-4-2)19-8-18-11-7-9(12)5-6-10(11)13;1-3(2)4(6)5(7)8/h5-7H,3-4,8H2,1-2H3;3-4H,6H2,1-2H3,(H,7,8)/t;4-/m.0/s1. The number of carboxylic acids is 1.